The lowest BCUT2D eigenvalue weighted by atomic mass is 9.54. The summed E-state index contributed by atoms with van der Waals surface area (Å²) < 4.78 is 0.877. The number of nitrogens with one attached hydrogen (secondary N) is 1. The average molecular weight is 660 g/mol. The van der Waals surface area contributed by atoms with Crippen LogP contribution in [0.5, 0.6) is 0 Å². The van der Waals surface area contributed by atoms with E-state index in [1.54, 1.807) is 6.07 Å². The highest BCUT2D eigenvalue weighted by Crippen LogP contribution is 2.69. The molecule has 42 heavy (non-hydrogen) atoms. The molecule has 4 aromatic rings. The maximum absolute atomic E-state index is 14.6. The molecule has 1 fully saturated rings. The van der Waals surface area contributed by atoms with E-state index in [2.05, 4.69) is 21.2 Å². The molecule has 3 amide bonds. The summed E-state index contributed by atoms with van der Waals surface area (Å²) in [4.78, 5) is 41.8. The first-order chi connectivity index (χ1) is 20.2. The SMILES string of the molecule is Cc1cc(Br)ccc1NC(=O)[C@@H](Cc1ccccc1)N1C(=O)[C@@H]2[C@H](C1=O)C1(Cl)c3ccccc3C2(Cl)c2ccccc21. The number of hydrogen-bond acceptors (Lipinski definition) is 3. The largest absolute Gasteiger partial charge is 0.324 e. The van der Waals surface area contributed by atoms with Gasteiger partial charge in [0.1, 0.15) is 15.8 Å². The number of benzene rings is 4. The molecule has 1 aliphatic heterocycles. The van der Waals surface area contributed by atoms with Crippen molar-refractivity contribution in [1.82, 2.24) is 4.90 Å². The lowest BCUT2D eigenvalue weighted by Crippen LogP contribution is -2.57. The van der Waals surface area contributed by atoms with Crippen LogP contribution in [0.1, 0.15) is 33.4 Å². The normalized spacial score (nSPS) is 26.0. The van der Waals surface area contributed by atoms with Crippen molar-refractivity contribution in [2.75, 3.05) is 5.32 Å². The molecule has 3 aliphatic carbocycles. The number of rotatable bonds is 5. The zero-order valence-electron chi connectivity index (χ0n) is 22.5. The molecule has 4 aromatic carbocycles. The molecule has 8 rings (SSSR count). The highest BCUT2D eigenvalue weighted by Gasteiger charge is 2.73. The summed E-state index contributed by atoms with van der Waals surface area (Å²) in [5.41, 5.74) is 5.14. The first-order valence-corrected chi connectivity index (χ1v) is 15.3. The van der Waals surface area contributed by atoms with Gasteiger partial charge in [-0.25, -0.2) is 0 Å². The Hall–Kier alpha value is -3.45. The third-order valence-corrected chi connectivity index (χ3v) is 10.7. The van der Waals surface area contributed by atoms with Crippen LogP contribution < -0.4 is 5.32 Å². The van der Waals surface area contributed by atoms with E-state index in [0.29, 0.717) is 5.69 Å². The number of carbonyl (C=O) groups excluding carboxylic acids is 3. The summed E-state index contributed by atoms with van der Waals surface area (Å²) in [6.45, 7) is 1.88. The van der Waals surface area contributed by atoms with Gasteiger partial charge in [0.2, 0.25) is 17.7 Å². The van der Waals surface area contributed by atoms with Crippen LogP contribution in [-0.4, -0.2) is 28.7 Å². The predicted molar refractivity (Wildman–Crippen MR) is 166 cm³/mol. The maximum Gasteiger partial charge on any atom is 0.248 e. The fourth-order valence-electron chi connectivity index (χ4n) is 7.12. The molecule has 210 valence electrons. The van der Waals surface area contributed by atoms with E-state index in [9.17, 15) is 14.4 Å². The number of hydrogen-bond donors (Lipinski definition) is 1. The van der Waals surface area contributed by atoms with Gasteiger partial charge in [-0.1, -0.05) is 94.8 Å². The van der Waals surface area contributed by atoms with Crippen molar-refractivity contribution in [3.05, 3.63) is 135 Å². The molecule has 0 radical (unpaired) electrons. The third kappa shape index (κ3) is 3.71. The zero-order chi connectivity index (χ0) is 29.4. The lowest BCUT2D eigenvalue weighted by molar-refractivity contribution is -0.146. The zero-order valence-corrected chi connectivity index (χ0v) is 25.6. The Morgan fingerprint density at radius 3 is 1.76 bits per heavy atom. The van der Waals surface area contributed by atoms with Crippen LogP contribution in [-0.2, 0) is 30.6 Å². The second kappa shape index (κ2) is 9.80. The van der Waals surface area contributed by atoms with Crippen molar-refractivity contribution in [3.8, 4) is 0 Å². The second-order valence-corrected chi connectivity index (χ2v) is 13.3. The highest BCUT2D eigenvalue weighted by molar-refractivity contribution is 9.10. The summed E-state index contributed by atoms with van der Waals surface area (Å²) in [6.07, 6.45) is 0.142. The highest BCUT2D eigenvalue weighted by atomic mass is 79.9. The monoisotopic (exact) mass is 658 g/mol. The van der Waals surface area contributed by atoms with Crippen LogP contribution in [0.4, 0.5) is 5.69 Å². The van der Waals surface area contributed by atoms with E-state index in [4.69, 9.17) is 23.2 Å². The standard InChI is InChI=1S/C34H25BrCl2N2O3/c1-19-17-21(35)15-16-26(19)38-30(40)27(18-20-9-3-2-4-10-20)39-31(41)28-29(32(39)42)34(37)23-12-6-5-11-22(23)33(28,36)24-13-7-8-14-25(24)34/h2-17,27-29H,18H2,1H3,(H,38,40)/t27-,28-,29+,33?,34?/m1/s1. The summed E-state index contributed by atoms with van der Waals surface area (Å²) >= 11 is 18.6. The molecule has 8 heteroatoms. The molecule has 5 nitrogen and oxygen atoms in total. The molecule has 3 atom stereocenters. The smallest absolute Gasteiger partial charge is 0.248 e. The van der Waals surface area contributed by atoms with Gasteiger partial charge in [-0.3, -0.25) is 19.3 Å². The molecule has 4 aliphatic rings. The van der Waals surface area contributed by atoms with Gasteiger partial charge in [0, 0.05) is 16.6 Å². The number of halogens is 3. The molecule has 2 bridgehead atoms. The van der Waals surface area contributed by atoms with Gasteiger partial charge < -0.3 is 5.32 Å². The van der Waals surface area contributed by atoms with Gasteiger partial charge in [0.05, 0.1) is 11.8 Å². The van der Waals surface area contributed by atoms with Gasteiger partial charge in [-0.15, -0.1) is 23.2 Å². The van der Waals surface area contributed by atoms with Gasteiger partial charge in [0.25, 0.3) is 0 Å². The Balaban J connectivity index is 1.36. The number of carbonyl (C=O) groups is 3. The van der Waals surface area contributed by atoms with Crippen molar-refractivity contribution < 1.29 is 14.4 Å². The number of nitrogens with zero attached hydrogens (tertiary/aromatic N) is 1. The molecule has 1 N–H and O–H groups in total. The predicted octanol–water partition coefficient (Wildman–Crippen LogP) is 6.90. The van der Waals surface area contributed by atoms with Gasteiger partial charge in [-0.05, 0) is 58.5 Å². The number of alkyl halides is 2. The van der Waals surface area contributed by atoms with E-state index in [-0.39, 0.29) is 6.42 Å². The fourth-order valence-corrected chi connectivity index (χ4v) is 8.69. The van der Waals surface area contributed by atoms with Gasteiger partial charge in [-0.2, -0.15) is 0 Å². The molecule has 1 heterocycles. The van der Waals surface area contributed by atoms with Crippen molar-refractivity contribution >= 4 is 62.5 Å². The minimum Gasteiger partial charge on any atom is -0.324 e. The molecule has 1 saturated heterocycles. The summed E-state index contributed by atoms with van der Waals surface area (Å²) in [5, 5.41) is 2.98. The van der Waals surface area contributed by atoms with Crippen LogP contribution in [0.3, 0.4) is 0 Å². The van der Waals surface area contributed by atoms with Gasteiger partial charge in [0.15, 0.2) is 0 Å². The molecule has 0 unspecified atom stereocenters. The van der Waals surface area contributed by atoms with E-state index in [0.717, 1.165) is 42.8 Å². The van der Waals surface area contributed by atoms with Crippen molar-refractivity contribution in [2.24, 2.45) is 11.8 Å². The Bertz CT molecular complexity index is 1670. The minimum absolute atomic E-state index is 0.142. The second-order valence-electron chi connectivity index (χ2n) is 11.2. The van der Waals surface area contributed by atoms with E-state index in [1.807, 2.05) is 97.9 Å². The summed E-state index contributed by atoms with van der Waals surface area (Å²) in [6, 6.07) is 28.8. The Morgan fingerprint density at radius 1 is 0.810 bits per heavy atom. The molecule has 0 spiro atoms. The Labute approximate surface area is 262 Å². The van der Waals surface area contributed by atoms with Crippen LogP contribution >= 0.6 is 39.1 Å². The fraction of sp³-hybridized carbons (Fsp3) is 0.206. The Morgan fingerprint density at radius 2 is 1.29 bits per heavy atom. The lowest BCUT2D eigenvalue weighted by Gasteiger charge is -2.54. The van der Waals surface area contributed by atoms with E-state index in [1.165, 1.54) is 0 Å². The summed E-state index contributed by atoms with van der Waals surface area (Å²) in [5.74, 6) is -3.39. The number of imide groups is 1. The number of amides is 3. The van der Waals surface area contributed by atoms with Crippen molar-refractivity contribution in [2.45, 2.75) is 29.1 Å². The molecular weight excluding hydrogens is 635 g/mol. The van der Waals surface area contributed by atoms with Crippen LogP contribution in [0, 0.1) is 18.8 Å². The summed E-state index contributed by atoms with van der Waals surface area (Å²) in [7, 11) is 0. The van der Waals surface area contributed by atoms with E-state index < -0.39 is 45.3 Å². The number of anilines is 1. The van der Waals surface area contributed by atoms with Crippen LogP contribution in [0.25, 0.3) is 0 Å². The van der Waals surface area contributed by atoms with Crippen molar-refractivity contribution in [1.29, 1.82) is 0 Å². The molecule has 0 saturated carbocycles. The number of likely N-dealkylation sites (tertiary alicyclic amines) is 1. The van der Waals surface area contributed by atoms with Crippen LogP contribution in [0.2, 0.25) is 0 Å². The number of aryl methyl sites for hydroxylation is 1. The van der Waals surface area contributed by atoms with Gasteiger partial charge >= 0.3 is 0 Å². The molecule has 0 aromatic heterocycles. The quantitative estimate of drug-likeness (QED) is 0.187. The van der Waals surface area contributed by atoms with Crippen LogP contribution in [0.15, 0.2) is 102 Å². The average Bonchev–Trinajstić information content (AvgIpc) is 3.27. The first-order valence-electron chi connectivity index (χ1n) is 13.7. The third-order valence-electron chi connectivity index (χ3n) is 8.95. The minimum atomic E-state index is -1.31. The first kappa shape index (κ1) is 27.4. The van der Waals surface area contributed by atoms with Crippen molar-refractivity contribution in [3.63, 3.8) is 0 Å². The molecular formula is C34H25BrCl2N2O3. The van der Waals surface area contributed by atoms with E-state index >= 15 is 0 Å². The Kier molecular flexibility index (Phi) is 6.39. The maximum atomic E-state index is 14.6. The topological polar surface area (TPSA) is 66.5 Å².